The lowest BCUT2D eigenvalue weighted by atomic mass is 9.85. The van der Waals surface area contributed by atoms with Crippen LogP contribution in [-0.2, 0) is 16.3 Å². The number of nitrogens with zero attached hydrogens (tertiary/aromatic N) is 2. The predicted octanol–water partition coefficient (Wildman–Crippen LogP) is 10.0. The van der Waals surface area contributed by atoms with E-state index in [0.29, 0.717) is 32.9 Å². The number of aromatic nitrogens is 2. The van der Waals surface area contributed by atoms with Crippen LogP contribution in [0.25, 0.3) is 71.6 Å². The molecule has 0 saturated carbocycles. The second kappa shape index (κ2) is 9.99. The molecule has 0 bridgehead atoms. The minimum Gasteiger partial charge on any atom is -0.294 e. The van der Waals surface area contributed by atoms with Crippen LogP contribution in [0.1, 0.15) is 12.7 Å². The van der Waals surface area contributed by atoms with Crippen molar-refractivity contribution in [2.45, 2.75) is 23.1 Å². The average Bonchev–Trinajstić information content (AvgIpc) is 3.49. The second-order valence-corrected chi connectivity index (χ2v) is 13.7. The van der Waals surface area contributed by atoms with Gasteiger partial charge in [0.15, 0.2) is 0 Å². The van der Waals surface area contributed by atoms with Crippen molar-refractivity contribution in [2.24, 2.45) is 0 Å². The van der Waals surface area contributed by atoms with E-state index in [1.54, 1.807) is 12.1 Å². The Morgan fingerprint density at radius 1 is 0.543 bits per heavy atom. The maximum absolute atomic E-state index is 14.2. The Labute approximate surface area is 267 Å². The first-order chi connectivity index (χ1) is 22.5. The van der Waals surface area contributed by atoms with Gasteiger partial charge in [-0.25, -0.2) is 13.4 Å². The molecule has 8 aromatic rings. The van der Waals surface area contributed by atoms with E-state index < -0.39 is 9.84 Å². The lowest BCUT2D eigenvalue weighted by Gasteiger charge is -2.23. The molecule has 2 heterocycles. The summed E-state index contributed by atoms with van der Waals surface area (Å²) in [5.41, 5.74) is 8.56. The van der Waals surface area contributed by atoms with Gasteiger partial charge in [-0.15, -0.1) is 0 Å². The van der Waals surface area contributed by atoms with Crippen molar-refractivity contribution in [1.82, 2.24) is 9.55 Å². The Morgan fingerprint density at radius 2 is 1.11 bits per heavy atom. The first-order valence-electron chi connectivity index (χ1n) is 15.5. The molecule has 220 valence electrons. The number of hydrogen-bond donors (Lipinski definition) is 0. The molecule has 0 spiro atoms. The molecule has 9 rings (SSSR count). The molecule has 0 atom stereocenters. The van der Waals surface area contributed by atoms with Crippen molar-refractivity contribution in [1.29, 1.82) is 0 Å². The van der Waals surface area contributed by atoms with Gasteiger partial charge in [0, 0.05) is 6.42 Å². The number of hydrogen-bond acceptors (Lipinski definition) is 3. The third kappa shape index (κ3) is 3.79. The van der Waals surface area contributed by atoms with Gasteiger partial charge in [0.05, 0.1) is 26.5 Å². The summed E-state index contributed by atoms with van der Waals surface area (Å²) < 4.78 is 30.5. The molecule has 0 saturated heterocycles. The highest BCUT2D eigenvalue weighted by molar-refractivity contribution is 7.92. The minimum absolute atomic E-state index is 0.310. The van der Waals surface area contributed by atoms with Gasteiger partial charge in [0.2, 0.25) is 9.84 Å². The first kappa shape index (κ1) is 26.8. The summed E-state index contributed by atoms with van der Waals surface area (Å²) in [5, 5.41) is 4.40. The number of sulfone groups is 1. The third-order valence-electron chi connectivity index (χ3n) is 9.28. The summed E-state index contributed by atoms with van der Waals surface area (Å²) in [6.07, 6.45) is 0.692. The van der Waals surface area contributed by atoms with Gasteiger partial charge in [0.25, 0.3) is 0 Å². The van der Waals surface area contributed by atoms with E-state index in [1.165, 1.54) is 11.1 Å². The van der Waals surface area contributed by atoms with Crippen LogP contribution in [0.3, 0.4) is 0 Å². The highest BCUT2D eigenvalue weighted by Crippen LogP contribution is 2.46. The van der Waals surface area contributed by atoms with Crippen LogP contribution < -0.4 is 0 Å². The predicted molar refractivity (Wildman–Crippen MR) is 187 cm³/mol. The number of aryl methyl sites for hydroxylation is 1. The minimum atomic E-state index is -3.78. The molecule has 0 N–H and O–H groups in total. The van der Waals surface area contributed by atoms with Crippen LogP contribution in [0.4, 0.5) is 0 Å². The number of fused-ring (bicyclic) bond motifs is 4. The Kier molecular flexibility index (Phi) is 5.83. The SMILES string of the molecule is CCc1nc2cccc3c2n1-c1ccc(-c2c4ccccc4c(-c4cccc(-c5ccccc5)c4)c4ccccc24)cc1S3(=O)=O. The van der Waals surface area contributed by atoms with E-state index in [2.05, 4.69) is 110 Å². The molecule has 1 aliphatic heterocycles. The van der Waals surface area contributed by atoms with Gasteiger partial charge < -0.3 is 0 Å². The van der Waals surface area contributed by atoms with Crippen LogP contribution in [0.5, 0.6) is 0 Å². The topological polar surface area (TPSA) is 52.0 Å². The Morgan fingerprint density at radius 3 is 1.76 bits per heavy atom. The molecule has 4 nitrogen and oxygen atoms in total. The largest absolute Gasteiger partial charge is 0.294 e. The summed E-state index contributed by atoms with van der Waals surface area (Å²) in [7, 11) is -3.78. The third-order valence-corrected chi connectivity index (χ3v) is 11.1. The van der Waals surface area contributed by atoms with Crippen LogP contribution in [0.2, 0.25) is 0 Å². The van der Waals surface area contributed by atoms with Gasteiger partial charge in [-0.2, -0.15) is 0 Å². The van der Waals surface area contributed by atoms with Gasteiger partial charge >= 0.3 is 0 Å². The summed E-state index contributed by atoms with van der Waals surface area (Å²) in [6, 6.07) is 47.4. The monoisotopic (exact) mass is 612 g/mol. The lowest BCUT2D eigenvalue weighted by molar-refractivity contribution is 0.594. The van der Waals surface area contributed by atoms with Gasteiger partial charge in [0.1, 0.15) is 5.82 Å². The molecule has 46 heavy (non-hydrogen) atoms. The molecule has 1 aromatic heterocycles. The van der Waals surface area contributed by atoms with E-state index >= 15 is 0 Å². The van der Waals surface area contributed by atoms with Crippen molar-refractivity contribution < 1.29 is 8.42 Å². The Hall–Kier alpha value is -5.52. The first-order valence-corrected chi connectivity index (χ1v) is 17.0. The Bertz CT molecular complexity index is 2580. The summed E-state index contributed by atoms with van der Waals surface area (Å²) >= 11 is 0. The number of para-hydroxylation sites is 1. The standard InChI is InChI=1S/C41H28N2O2S/c1-2-38-42-34-20-11-21-36-41(34)43(38)35-23-22-29(25-37(35)46(36,44)45)40-32-18-8-6-16-30(32)39(31-17-7-9-19-33(31)40)28-15-10-14-27(24-28)26-12-4-3-5-13-26/h3-25H,2H2,1H3. The Balaban J connectivity index is 1.33. The fourth-order valence-corrected chi connectivity index (χ4v) is 8.94. The molecule has 0 unspecified atom stereocenters. The average molecular weight is 613 g/mol. The summed E-state index contributed by atoms with van der Waals surface area (Å²) in [6.45, 7) is 2.05. The van der Waals surface area contributed by atoms with Crippen LogP contribution in [-0.4, -0.2) is 18.0 Å². The van der Waals surface area contributed by atoms with Crippen LogP contribution in [0, 0.1) is 0 Å². The second-order valence-electron chi connectivity index (χ2n) is 11.8. The summed E-state index contributed by atoms with van der Waals surface area (Å²) in [5.74, 6) is 0.851. The number of imidazole rings is 1. The van der Waals surface area contributed by atoms with Gasteiger partial charge in [-0.3, -0.25) is 4.57 Å². The zero-order valence-electron chi connectivity index (χ0n) is 25.1. The highest BCUT2D eigenvalue weighted by atomic mass is 32.2. The molecule has 1 aliphatic rings. The van der Waals surface area contributed by atoms with Gasteiger partial charge in [-0.1, -0.05) is 116 Å². The number of rotatable bonds is 4. The van der Waals surface area contributed by atoms with E-state index in [1.807, 2.05) is 28.8 Å². The van der Waals surface area contributed by atoms with E-state index in [4.69, 9.17) is 4.98 Å². The molecule has 5 heteroatoms. The lowest BCUT2D eigenvalue weighted by Crippen LogP contribution is -2.16. The molecule has 0 aliphatic carbocycles. The smallest absolute Gasteiger partial charge is 0.210 e. The summed E-state index contributed by atoms with van der Waals surface area (Å²) in [4.78, 5) is 5.41. The van der Waals surface area contributed by atoms with Crippen molar-refractivity contribution in [3.63, 3.8) is 0 Å². The maximum Gasteiger partial charge on any atom is 0.210 e. The number of benzene rings is 7. The fourth-order valence-electron chi connectivity index (χ4n) is 7.28. The van der Waals surface area contributed by atoms with Crippen molar-refractivity contribution in [3.8, 4) is 39.1 Å². The molecule has 0 radical (unpaired) electrons. The van der Waals surface area contributed by atoms with Crippen molar-refractivity contribution in [2.75, 3.05) is 0 Å². The molecular formula is C41H28N2O2S. The van der Waals surface area contributed by atoms with E-state index in [-0.39, 0.29) is 0 Å². The van der Waals surface area contributed by atoms with E-state index in [0.717, 1.165) is 49.6 Å². The normalized spacial score (nSPS) is 13.3. The zero-order chi connectivity index (χ0) is 31.0. The highest BCUT2D eigenvalue weighted by Gasteiger charge is 2.33. The van der Waals surface area contributed by atoms with Crippen molar-refractivity contribution >= 4 is 42.4 Å². The van der Waals surface area contributed by atoms with Crippen LogP contribution in [0.15, 0.2) is 149 Å². The quantitative estimate of drug-likeness (QED) is 0.186. The maximum atomic E-state index is 14.2. The molecule has 7 aromatic carbocycles. The van der Waals surface area contributed by atoms with Crippen LogP contribution >= 0.6 is 0 Å². The fraction of sp³-hybridized carbons (Fsp3) is 0.0488. The zero-order valence-corrected chi connectivity index (χ0v) is 25.9. The van der Waals surface area contributed by atoms with E-state index in [9.17, 15) is 8.42 Å². The molecule has 0 fully saturated rings. The van der Waals surface area contributed by atoms with Gasteiger partial charge in [-0.05, 0) is 85.3 Å². The molecule has 0 amide bonds. The molecular weight excluding hydrogens is 585 g/mol. The van der Waals surface area contributed by atoms with Crippen molar-refractivity contribution in [3.05, 3.63) is 145 Å².